The number of hydrogen-bond acceptors (Lipinski definition) is 1. The van der Waals surface area contributed by atoms with Crippen LogP contribution in [-0.4, -0.2) is 6.29 Å². The Kier molecular flexibility index (Phi) is 2.20. The molecule has 1 aromatic rings. The van der Waals surface area contributed by atoms with Crippen LogP contribution in [-0.2, 0) is 6.42 Å². The van der Waals surface area contributed by atoms with Crippen LogP contribution >= 0.6 is 15.9 Å². The Balaban J connectivity index is 2.56. The number of carbonyl (C=O) groups excluding carboxylic acids is 1. The average molecular weight is 243 g/mol. The summed E-state index contributed by atoms with van der Waals surface area (Å²) in [5.74, 6) is -0.417. The van der Waals surface area contributed by atoms with Crippen LogP contribution in [0.1, 0.15) is 32.7 Å². The molecule has 0 bridgehead atoms. The molecule has 0 aromatic heterocycles. The molecule has 3 heteroatoms. The number of rotatable bonds is 1. The van der Waals surface area contributed by atoms with Crippen LogP contribution in [0.3, 0.4) is 0 Å². The predicted molar refractivity (Wildman–Crippen MR) is 51.8 cm³/mol. The number of aldehydes is 1. The lowest BCUT2D eigenvalue weighted by Gasteiger charge is -2.03. The fraction of sp³-hybridized carbons (Fsp3) is 0.300. The van der Waals surface area contributed by atoms with E-state index in [-0.39, 0.29) is 10.4 Å². The molecule has 0 spiro atoms. The van der Waals surface area contributed by atoms with Crippen LogP contribution in [0.15, 0.2) is 12.1 Å². The number of aryl methyl sites for hydroxylation is 1. The van der Waals surface area contributed by atoms with Crippen molar-refractivity contribution in [3.05, 3.63) is 34.6 Å². The maximum atomic E-state index is 13.2. The molecule has 2 rings (SSSR count). The van der Waals surface area contributed by atoms with Crippen LogP contribution in [0.2, 0.25) is 0 Å². The van der Waals surface area contributed by atoms with Crippen LogP contribution in [0.4, 0.5) is 4.39 Å². The van der Waals surface area contributed by atoms with Crippen molar-refractivity contribution in [3.63, 3.8) is 0 Å². The fourth-order valence-corrected chi connectivity index (χ4v) is 2.34. The highest BCUT2D eigenvalue weighted by Crippen LogP contribution is 2.38. The van der Waals surface area contributed by atoms with E-state index in [1.165, 1.54) is 6.07 Å². The van der Waals surface area contributed by atoms with Gasteiger partial charge in [0.25, 0.3) is 0 Å². The minimum absolute atomic E-state index is 0.167. The van der Waals surface area contributed by atoms with E-state index in [0.29, 0.717) is 6.29 Å². The van der Waals surface area contributed by atoms with Crippen molar-refractivity contribution in [1.82, 2.24) is 0 Å². The Labute approximate surface area is 84.1 Å². The molecule has 0 amide bonds. The van der Waals surface area contributed by atoms with Gasteiger partial charge in [0.15, 0.2) is 6.29 Å². The number of alkyl halides is 1. The number of carbonyl (C=O) groups is 1. The molecule has 68 valence electrons. The Morgan fingerprint density at radius 2 is 2.31 bits per heavy atom. The summed E-state index contributed by atoms with van der Waals surface area (Å²) >= 11 is 3.46. The van der Waals surface area contributed by atoms with Crippen LogP contribution < -0.4 is 0 Å². The van der Waals surface area contributed by atoms with Crippen LogP contribution in [0.5, 0.6) is 0 Å². The van der Waals surface area contributed by atoms with Gasteiger partial charge < -0.3 is 0 Å². The van der Waals surface area contributed by atoms with Gasteiger partial charge in [-0.15, -0.1) is 0 Å². The van der Waals surface area contributed by atoms with Crippen molar-refractivity contribution in [2.45, 2.75) is 17.7 Å². The third-order valence-electron chi connectivity index (χ3n) is 2.39. The van der Waals surface area contributed by atoms with Gasteiger partial charge in [0.1, 0.15) is 5.82 Å². The summed E-state index contributed by atoms with van der Waals surface area (Å²) in [6.45, 7) is 0. The van der Waals surface area contributed by atoms with E-state index >= 15 is 0 Å². The molecule has 0 saturated heterocycles. The zero-order valence-corrected chi connectivity index (χ0v) is 8.47. The van der Waals surface area contributed by atoms with E-state index in [2.05, 4.69) is 15.9 Å². The third kappa shape index (κ3) is 1.41. The van der Waals surface area contributed by atoms with E-state index in [0.717, 1.165) is 24.0 Å². The summed E-state index contributed by atoms with van der Waals surface area (Å²) in [5.41, 5.74) is 2.24. The lowest BCUT2D eigenvalue weighted by molar-refractivity contribution is 0.111. The first-order valence-corrected chi connectivity index (χ1v) is 5.05. The average Bonchev–Trinajstić information content (AvgIpc) is 2.47. The molecule has 13 heavy (non-hydrogen) atoms. The number of halogens is 2. The van der Waals surface area contributed by atoms with E-state index in [9.17, 15) is 9.18 Å². The molecule has 1 unspecified atom stereocenters. The van der Waals surface area contributed by atoms with Crippen molar-refractivity contribution in [2.75, 3.05) is 0 Å². The molecule has 1 nitrogen and oxygen atoms in total. The Morgan fingerprint density at radius 3 is 3.00 bits per heavy atom. The number of benzene rings is 1. The summed E-state index contributed by atoms with van der Waals surface area (Å²) in [6.07, 6.45) is 2.47. The standard InChI is InChI=1S/C10H8BrFO/c11-9-2-1-6-3-7(5-13)10(12)4-8(6)9/h3-5,9H,1-2H2. The van der Waals surface area contributed by atoms with Gasteiger partial charge in [-0.05, 0) is 36.1 Å². The van der Waals surface area contributed by atoms with Crippen molar-refractivity contribution in [3.8, 4) is 0 Å². The van der Waals surface area contributed by atoms with Gasteiger partial charge in [-0.2, -0.15) is 0 Å². The van der Waals surface area contributed by atoms with Crippen LogP contribution in [0.25, 0.3) is 0 Å². The normalized spacial score (nSPS) is 20.0. The molecule has 0 saturated carbocycles. The predicted octanol–water partition coefficient (Wildman–Crippen LogP) is 3.02. The third-order valence-corrected chi connectivity index (χ3v) is 3.34. The van der Waals surface area contributed by atoms with E-state index in [4.69, 9.17) is 0 Å². The number of fused-ring (bicyclic) bond motifs is 1. The van der Waals surface area contributed by atoms with Crippen LogP contribution in [0, 0.1) is 5.82 Å². The quantitative estimate of drug-likeness (QED) is 0.547. The van der Waals surface area contributed by atoms with E-state index in [1.807, 2.05) is 0 Å². The van der Waals surface area contributed by atoms with Gasteiger partial charge in [-0.1, -0.05) is 15.9 Å². The van der Waals surface area contributed by atoms with Crippen molar-refractivity contribution < 1.29 is 9.18 Å². The molecule has 0 fully saturated rings. The summed E-state index contributed by atoms with van der Waals surface area (Å²) < 4.78 is 13.2. The maximum absolute atomic E-state index is 13.2. The molecule has 1 atom stereocenters. The summed E-state index contributed by atoms with van der Waals surface area (Å²) in [7, 11) is 0. The monoisotopic (exact) mass is 242 g/mol. The summed E-state index contributed by atoms with van der Waals surface area (Å²) in [4.78, 5) is 10.7. The highest BCUT2D eigenvalue weighted by atomic mass is 79.9. The number of hydrogen-bond donors (Lipinski definition) is 0. The molecular weight excluding hydrogens is 235 g/mol. The van der Waals surface area contributed by atoms with Crippen molar-refractivity contribution >= 4 is 22.2 Å². The Hall–Kier alpha value is -0.700. The second-order valence-electron chi connectivity index (χ2n) is 3.20. The van der Waals surface area contributed by atoms with E-state index in [1.54, 1.807) is 6.07 Å². The summed E-state index contributed by atoms with van der Waals surface area (Å²) in [5, 5.41) is 0. The van der Waals surface area contributed by atoms with Crippen molar-refractivity contribution in [1.29, 1.82) is 0 Å². The largest absolute Gasteiger partial charge is 0.298 e. The fourth-order valence-electron chi connectivity index (χ4n) is 1.69. The minimum atomic E-state index is -0.417. The van der Waals surface area contributed by atoms with Gasteiger partial charge in [0.2, 0.25) is 0 Å². The zero-order valence-electron chi connectivity index (χ0n) is 6.89. The zero-order chi connectivity index (χ0) is 9.42. The topological polar surface area (TPSA) is 17.1 Å². The molecule has 0 aliphatic heterocycles. The molecular formula is C10H8BrFO. The van der Waals surface area contributed by atoms with E-state index < -0.39 is 5.82 Å². The van der Waals surface area contributed by atoms with Gasteiger partial charge in [0.05, 0.1) is 5.56 Å². The lowest BCUT2D eigenvalue weighted by atomic mass is 10.1. The SMILES string of the molecule is O=Cc1cc2c(cc1F)C(Br)CC2. The van der Waals surface area contributed by atoms with Gasteiger partial charge in [-0.25, -0.2) is 4.39 Å². The minimum Gasteiger partial charge on any atom is -0.298 e. The van der Waals surface area contributed by atoms with Gasteiger partial charge in [0, 0.05) is 4.83 Å². The van der Waals surface area contributed by atoms with Crippen molar-refractivity contribution in [2.24, 2.45) is 0 Å². The highest BCUT2D eigenvalue weighted by Gasteiger charge is 2.21. The molecule has 1 aliphatic rings. The molecule has 0 heterocycles. The first kappa shape index (κ1) is 8.88. The lowest BCUT2D eigenvalue weighted by Crippen LogP contribution is -1.92. The smallest absolute Gasteiger partial charge is 0.153 e. The highest BCUT2D eigenvalue weighted by molar-refractivity contribution is 9.09. The Morgan fingerprint density at radius 1 is 1.54 bits per heavy atom. The summed E-state index contributed by atoms with van der Waals surface area (Å²) in [6, 6.07) is 3.12. The molecule has 1 aliphatic carbocycles. The molecule has 0 N–H and O–H groups in total. The maximum Gasteiger partial charge on any atom is 0.153 e. The first-order valence-electron chi connectivity index (χ1n) is 4.14. The molecule has 0 radical (unpaired) electrons. The van der Waals surface area contributed by atoms with Gasteiger partial charge in [-0.3, -0.25) is 4.79 Å². The second-order valence-corrected chi connectivity index (χ2v) is 4.30. The van der Waals surface area contributed by atoms with Gasteiger partial charge >= 0.3 is 0 Å². The second kappa shape index (κ2) is 3.22. The molecule has 1 aromatic carbocycles. The Bertz CT molecular complexity index is 362. The first-order chi connectivity index (χ1) is 6.22.